The third-order valence-corrected chi connectivity index (χ3v) is 10.4. The van der Waals surface area contributed by atoms with Crippen LogP contribution in [0.25, 0.3) is 0 Å². The van der Waals surface area contributed by atoms with Gasteiger partial charge in [0.2, 0.25) is 0 Å². The first kappa shape index (κ1) is 22.5. The van der Waals surface area contributed by atoms with Gasteiger partial charge in [-0.1, -0.05) is 20.8 Å². The van der Waals surface area contributed by atoms with Gasteiger partial charge >= 0.3 is 5.97 Å². The van der Waals surface area contributed by atoms with E-state index in [2.05, 4.69) is 20.8 Å². The summed E-state index contributed by atoms with van der Waals surface area (Å²) < 4.78 is 0. The minimum Gasteiger partial charge on any atom is -0.481 e. The van der Waals surface area contributed by atoms with E-state index < -0.39 is 5.97 Å². The average Bonchev–Trinajstić information content (AvgIpc) is 2.93. The van der Waals surface area contributed by atoms with Crippen molar-refractivity contribution in [2.24, 2.45) is 46.3 Å². The molecule has 0 radical (unpaired) electrons. The van der Waals surface area contributed by atoms with Crippen molar-refractivity contribution in [1.82, 2.24) is 0 Å². The Balaban J connectivity index is 1.55. The quantitative estimate of drug-likeness (QED) is 0.540. The Labute approximate surface area is 181 Å². The minimum absolute atomic E-state index is 0.0155. The molecule has 4 rings (SSSR count). The summed E-state index contributed by atoms with van der Waals surface area (Å²) in [5, 5.41) is 41.6. The van der Waals surface area contributed by atoms with Crippen LogP contribution in [0.4, 0.5) is 0 Å². The van der Waals surface area contributed by atoms with E-state index in [-0.39, 0.29) is 47.4 Å². The molecule has 0 aromatic rings. The van der Waals surface area contributed by atoms with Gasteiger partial charge in [0.05, 0.1) is 18.3 Å². The van der Waals surface area contributed by atoms with Gasteiger partial charge in [-0.2, -0.15) is 0 Å². The van der Waals surface area contributed by atoms with E-state index >= 15 is 0 Å². The van der Waals surface area contributed by atoms with Crippen LogP contribution in [0.5, 0.6) is 0 Å². The molecule has 0 spiro atoms. The molecule has 0 heterocycles. The molecule has 5 nitrogen and oxygen atoms in total. The maximum absolute atomic E-state index is 11.3. The van der Waals surface area contributed by atoms with Gasteiger partial charge in [-0.05, 0) is 104 Å². The Morgan fingerprint density at radius 1 is 0.967 bits per heavy atom. The molecule has 0 saturated heterocycles. The monoisotopic (exact) mass is 422 g/mol. The van der Waals surface area contributed by atoms with Gasteiger partial charge in [-0.3, -0.25) is 4.79 Å². The highest BCUT2D eigenvalue weighted by atomic mass is 16.4. The Bertz CT molecular complexity index is 651. The van der Waals surface area contributed by atoms with E-state index in [1.165, 1.54) is 0 Å². The maximum atomic E-state index is 11.3. The number of aliphatic carboxylic acids is 1. The second-order valence-corrected chi connectivity index (χ2v) is 11.9. The molecule has 0 aromatic heterocycles. The smallest absolute Gasteiger partial charge is 0.303 e. The van der Waals surface area contributed by atoms with Crippen molar-refractivity contribution in [3.63, 3.8) is 0 Å². The minimum atomic E-state index is -0.746. The Morgan fingerprint density at radius 2 is 1.67 bits per heavy atom. The van der Waals surface area contributed by atoms with Gasteiger partial charge in [0, 0.05) is 6.42 Å². The molecule has 5 heteroatoms. The lowest BCUT2D eigenvalue weighted by molar-refractivity contribution is -0.174. The first-order chi connectivity index (χ1) is 14.1. The number of carboxylic acids is 1. The second-order valence-electron chi connectivity index (χ2n) is 11.9. The summed E-state index contributed by atoms with van der Waals surface area (Å²) in [7, 11) is 0. The summed E-state index contributed by atoms with van der Waals surface area (Å²) in [6, 6.07) is 0. The Morgan fingerprint density at radius 3 is 2.37 bits per heavy atom. The Kier molecular flexibility index (Phi) is 6.04. The molecule has 0 amide bonds. The average molecular weight is 423 g/mol. The summed E-state index contributed by atoms with van der Waals surface area (Å²) in [6.07, 6.45) is 7.28. The van der Waals surface area contributed by atoms with E-state index in [1.54, 1.807) is 0 Å². The fraction of sp³-hybridized carbons (Fsp3) is 0.960. The van der Waals surface area contributed by atoms with Crippen molar-refractivity contribution in [3.8, 4) is 0 Å². The van der Waals surface area contributed by atoms with Gasteiger partial charge < -0.3 is 20.4 Å². The van der Waals surface area contributed by atoms with Crippen LogP contribution in [0.2, 0.25) is 0 Å². The van der Waals surface area contributed by atoms with Crippen molar-refractivity contribution in [1.29, 1.82) is 0 Å². The van der Waals surface area contributed by atoms with E-state index in [0.29, 0.717) is 30.1 Å². The zero-order valence-corrected chi connectivity index (χ0v) is 19.0. The van der Waals surface area contributed by atoms with Crippen molar-refractivity contribution in [2.45, 2.75) is 103 Å². The molecule has 11 atom stereocenters. The summed E-state index contributed by atoms with van der Waals surface area (Å²) in [4.78, 5) is 10.9. The molecule has 4 fully saturated rings. The van der Waals surface area contributed by atoms with Crippen LogP contribution in [0, 0.1) is 46.3 Å². The number of hydrogen-bond donors (Lipinski definition) is 4. The number of fused-ring (bicyclic) bond motifs is 5. The molecule has 0 aromatic carbocycles. The van der Waals surface area contributed by atoms with Gasteiger partial charge in [-0.25, -0.2) is 0 Å². The summed E-state index contributed by atoms with van der Waals surface area (Å²) in [6.45, 7) is 6.94. The third kappa shape index (κ3) is 3.53. The molecule has 0 bridgehead atoms. The molecule has 1 unspecified atom stereocenters. The highest BCUT2D eigenvalue weighted by Crippen LogP contribution is 2.68. The lowest BCUT2D eigenvalue weighted by atomic mass is 9.43. The predicted molar refractivity (Wildman–Crippen MR) is 115 cm³/mol. The zero-order chi connectivity index (χ0) is 21.8. The first-order valence-electron chi connectivity index (χ1n) is 12.3. The van der Waals surface area contributed by atoms with E-state index in [1.807, 2.05) is 0 Å². The van der Waals surface area contributed by atoms with Gasteiger partial charge in [0.15, 0.2) is 0 Å². The van der Waals surface area contributed by atoms with Crippen LogP contribution in [0.3, 0.4) is 0 Å². The number of rotatable bonds is 5. The van der Waals surface area contributed by atoms with Crippen LogP contribution in [-0.4, -0.2) is 44.7 Å². The number of aliphatic hydroxyl groups excluding tert-OH is 3. The molecule has 172 valence electrons. The molecule has 4 aliphatic rings. The number of carbonyl (C=O) groups is 1. The SMILES string of the molecule is C[C@H](CCCC(=O)O)[C@H]1[C@H](O)C[C@H]2[C@@H]3[C@H](O)C[C@@H]4C[C@H](O)CC[C@]4(C)[C@H]3CCC12C. The zero-order valence-electron chi connectivity index (χ0n) is 19.0. The summed E-state index contributed by atoms with van der Waals surface area (Å²) in [5.74, 6) is 1.18. The molecule has 4 aliphatic carbocycles. The van der Waals surface area contributed by atoms with Crippen LogP contribution < -0.4 is 0 Å². The van der Waals surface area contributed by atoms with Gasteiger partial charge in [0.1, 0.15) is 0 Å². The van der Waals surface area contributed by atoms with Crippen molar-refractivity contribution >= 4 is 5.97 Å². The molecule has 4 N–H and O–H groups in total. The summed E-state index contributed by atoms with van der Waals surface area (Å²) >= 11 is 0. The van der Waals surface area contributed by atoms with Crippen LogP contribution in [0.15, 0.2) is 0 Å². The van der Waals surface area contributed by atoms with Crippen molar-refractivity contribution in [2.75, 3.05) is 0 Å². The predicted octanol–water partition coefficient (Wildman–Crippen LogP) is 3.84. The highest BCUT2D eigenvalue weighted by Gasteiger charge is 2.64. The molecular weight excluding hydrogens is 380 g/mol. The second kappa shape index (κ2) is 8.04. The lowest BCUT2D eigenvalue weighted by Crippen LogP contribution is -2.58. The fourth-order valence-electron chi connectivity index (χ4n) is 9.04. The maximum Gasteiger partial charge on any atom is 0.303 e. The highest BCUT2D eigenvalue weighted by molar-refractivity contribution is 5.66. The van der Waals surface area contributed by atoms with Crippen LogP contribution in [0.1, 0.15) is 85.0 Å². The topological polar surface area (TPSA) is 98.0 Å². The Hall–Kier alpha value is -0.650. The molecule has 0 aliphatic heterocycles. The standard InChI is InChI=1S/C25H42O5/c1-14(5-4-6-21(29)30)23-20(28)13-18-22-17(8-10-25(18,23)3)24(2)9-7-16(26)11-15(24)12-19(22)27/h14-20,22-23,26-28H,4-13H2,1-3H3,(H,29,30)/t14-,15+,16-,17+,18+,19-,20-,22-,23+,24+,25?/m1/s1. The lowest BCUT2D eigenvalue weighted by Gasteiger charge is -2.62. The van der Waals surface area contributed by atoms with Crippen LogP contribution >= 0.6 is 0 Å². The molecule has 4 saturated carbocycles. The first-order valence-corrected chi connectivity index (χ1v) is 12.3. The van der Waals surface area contributed by atoms with Gasteiger partial charge in [-0.15, -0.1) is 0 Å². The van der Waals surface area contributed by atoms with E-state index in [0.717, 1.165) is 51.4 Å². The van der Waals surface area contributed by atoms with E-state index in [4.69, 9.17) is 5.11 Å². The largest absolute Gasteiger partial charge is 0.481 e. The third-order valence-electron chi connectivity index (χ3n) is 10.4. The van der Waals surface area contributed by atoms with Crippen molar-refractivity contribution in [3.05, 3.63) is 0 Å². The molecule has 30 heavy (non-hydrogen) atoms. The summed E-state index contributed by atoms with van der Waals surface area (Å²) in [5.41, 5.74) is 0.210. The van der Waals surface area contributed by atoms with Gasteiger partial charge in [0.25, 0.3) is 0 Å². The van der Waals surface area contributed by atoms with Crippen molar-refractivity contribution < 1.29 is 25.2 Å². The van der Waals surface area contributed by atoms with Crippen LogP contribution in [-0.2, 0) is 4.79 Å². The normalized spacial score (nSPS) is 51.5. The number of hydrogen-bond acceptors (Lipinski definition) is 4. The number of aliphatic hydroxyl groups is 3. The number of carboxylic acid groups (broad SMARTS) is 1. The molecular formula is C25H42O5. The fourth-order valence-corrected chi connectivity index (χ4v) is 9.04. The van der Waals surface area contributed by atoms with E-state index in [9.17, 15) is 20.1 Å².